The second-order valence-corrected chi connectivity index (χ2v) is 12.1. The Balaban J connectivity index is 1.58. The van der Waals surface area contributed by atoms with Crippen molar-refractivity contribution in [3.05, 3.63) is 70.8 Å². The normalized spacial score (nSPS) is 14.3. The maximum Gasteiger partial charge on any atom is 0.471 e. The quantitative estimate of drug-likeness (QED) is 0.193. The maximum atomic E-state index is 14.1. The number of fused-ring (bicyclic) bond motifs is 1. The Labute approximate surface area is 242 Å². The number of amides is 1. The van der Waals surface area contributed by atoms with Crippen LogP contribution in [0.5, 0.6) is 5.88 Å². The summed E-state index contributed by atoms with van der Waals surface area (Å²) < 4.78 is 101. The number of alkyl halides is 3. The molecule has 0 spiro atoms. The summed E-state index contributed by atoms with van der Waals surface area (Å²) in [5.41, 5.74) is 0.886. The lowest BCUT2D eigenvalue weighted by Gasteiger charge is -2.29. The van der Waals surface area contributed by atoms with E-state index in [-0.39, 0.29) is 70.7 Å². The van der Waals surface area contributed by atoms with E-state index in [0.29, 0.717) is 10.5 Å². The van der Waals surface area contributed by atoms with Crippen LogP contribution in [0.25, 0.3) is 0 Å². The Bertz CT molecular complexity index is 1570. The summed E-state index contributed by atoms with van der Waals surface area (Å²) in [6, 6.07) is 8.81. The molecule has 226 valence electrons. The average Bonchev–Trinajstić information content (AvgIpc) is 2.94. The van der Waals surface area contributed by atoms with Crippen LogP contribution in [0.3, 0.4) is 0 Å². The second-order valence-electron chi connectivity index (χ2n) is 9.48. The Hall–Kier alpha value is -3.50. The molecule has 42 heavy (non-hydrogen) atoms. The zero-order chi connectivity index (χ0) is 30.7. The molecule has 0 radical (unpaired) electrons. The number of anilines is 1. The van der Waals surface area contributed by atoms with E-state index >= 15 is 0 Å². The first kappa shape index (κ1) is 31.4. The van der Waals surface area contributed by atoms with E-state index in [0.717, 1.165) is 17.8 Å². The molecule has 1 unspecified atom stereocenters. The number of nitrogens with zero attached hydrogens (tertiary/aromatic N) is 3. The molecule has 0 saturated carbocycles. The number of ether oxygens (including phenoxy) is 1. The molecule has 2 heterocycles. The van der Waals surface area contributed by atoms with Gasteiger partial charge in [0.25, 0.3) is 10.0 Å². The Morgan fingerprint density at radius 2 is 1.93 bits per heavy atom. The van der Waals surface area contributed by atoms with Crippen molar-refractivity contribution in [1.82, 2.24) is 14.9 Å². The number of aliphatic hydroxyl groups is 1. The van der Waals surface area contributed by atoms with Crippen LogP contribution in [0.15, 0.2) is 52.5 Å². The predicted molar refractivity (Wildman–Crippen MR) is 142 cm³/mol. The third-order valence-corrected chi connectivity index (χ3v) is 8.42. The summed E-state index contributed by atoms with van der Waals surface area (Å²) in [7, 11) is -4.34. The van der Waals surface area contributed by atoms with Crippen molar-refractivity contribution < 1.29 is 45.0 Å². The van der Waals surface area contributed by atoms with E-state index in [1.165, 1.54) is 36.4 Å². The summed E-state index contributed by atoms with van der Waals surface area (Å²) in [6.45, 7) is 0.972. The summed E-state index contributed by atoms with van der Waals surface area (Å²) in [6.07, 6.45) is -4.93. The van der Waals surface area contributed by atoms with Gasteiger partial charge in [-0.1, -0.05) is 36.9 Å². The fraction of sp³-hybridized carbons (Fsp3) is 0.346. The van der Waals surface area contributed by atoms with Crippen molar-refractivity contribution in [3.8, 4) is 5.88 Å². The number of carbonyl (C=O) groups excluding carboxylic acids is 1. The van der Waals surface area contributed by atoms with Gasteiger partial charge < -0.3 is 14.7 Å². The first-order chi connectivity index (χ1) is 19.8. The molecule has 16 heteroatoms. The SMILES string of the molecule is CC(CO)COc1cc(NS(=O)(=O)c2ccc3c(c2)CN(C(=O)C(F)(F)F)CC3)nc(SCc2cccc(F)c2F)n1. The van der Waals surface area contributed by atoms with E-state index in [1.54, 1.807) is 6.92 Å². The van der Waals surface area contributed by atoms with Gasteiger partial charge in [-0.05, 0) is 35.7 Å². The first-order valence-corrected chi connectivity index (χ1v) is 14.9. The molecule has 1 atom stereocenters. The minimum absolute atomic E-state index is 0.0260. The monoisotopic (exact) mass is 632 g/mol. The van der Waals surface area contributed by atoms with Crippen LogP contribution in [-0.2, 0) is 33.5 Å². The molecule has 1 amide bonds. The summed E-state index contributed by atoms with van der Waals surface area (Å²) in [4.78, 5) is 20.4. The number of rotatable bonds is 10. The van der Waals surface area contributed by atoms with Crippen molar-refractivity contribution in [2.45, 2.75) is 41.9 Å². The molecule has 3 aromatic rings. The van der Waals surface area contributed by atoms with Crippen LogP contribution in [-0.4, -0.2) is 60.2 Å². The molecule has 0 fully saturated rings. The fourth-order valence-corrected chi connectivity index (χ4v) is 5.79. The predicted octanol–water partition coefficient (Wildman–Crippen LogP) is 4.30. The minimum atomic E-state index is -5.05. The van der Waals surface area contributed by atoms with Gasteiger partial charge in [0.1, 0.15) is 5.82 Å². The van der Waals surface area contributed by atoms with E-state index in [9.17, 15) is 40.3 Å². The average molecular weight is 633 g/mol. The molecule has 1 aliphatic heterocycles. The highest BCUT2D eigenvalue weighted by Gasteiger charge is 2.43. The molecule has 9 nitrogen and oxygen atoms in total. The summed E-state index contributed by atoms with van der Waals surface area (Å²) in [5, 5.41) is 9.25. The van der Waals surface area contributed by atoms with Crippen molar-refractivity contribution in [2.24, 2.45) is 5.92 Å². The molecule has 2 aromatic carbocycles. The highest BCUT2D eigenvalue weighted by molar-refractivity contribution is 7.98. The maximum absolute atomic E-state index is 14.1. The van der Waals surface area contributed by atoms with Gasteiger partial charge in [0.15, 0.2) is 16.8 Å². The lowest BCUT2D eigenvalue weighted by atomic mass is 10.00. The number of aromatic nitrogens is 2. The lowest BCUT2D eigenvalue weighted by molar-refractivity contribution is -0.186. The van der Waals surface area contributed by atoms with Crippen LogP contribution in [0.4, 0.5) is 27.8 Å². The lowest BCUT2D eigenvalue weighted by Crippen LogP contribution is -2.43. The van der Waals surface area contributed by atoms with Crippen molar-refractivity contribution in [2.75, 3.05) is 24.5 Å². The highest BCUT2D eigenvalue weighted by Crippen LogP contribution is 2.29. The smallest absolute Gasteiger partial charge is 0.471 e. The molecule has 0 saturated heterocycles. The van der Waals surface area contributed by atoms with Crippen molar-refractivity contribution in [1.29, 1.82) is 0 Å². The van der Waals surface area contributed by atoms with Gasteiger partial charge in [-0.15, -0.1) is 0 Å². The van der Waals surface area contributed by atoms with Crippen LogP contribution < -0.4 is 9.46 Å². The fourth-order valence-electron chi connectivity index (χ4n) is 3.93. The Morgan fingerprint density at radius 1 is 1.17 bits per heavy atom. The van der Waals surface area contributed by atoms with Gasteiger partial charge in [0, 0.05) is 43.0 Å². The molecular weight excluding hydrogens is 607 g/mol. The van der Waals surface area contributed by atoms with E-state index < -0.39 is 40.3 Å². The third-order valence-electron chi connectivity index (χ3n) is 6.17. The van der Waals surface area contributed by atoms with Crippen LogP contribution >= 0.6 is 11.8 Å². The molecule has 1 aromatic heterocycles. The van der Waals surface area contributed by atoms with Crippen LogP contribution in [0.1, 0.15) is 23.6 Å². The van der Waals surface area contributed by atoms with Gasteiger partial charge in [-0.25, -0.2) is 22.2 Å². The minimum Gasteiger partial charge on any atom is -0.477 e. The number of hydrogen-bond donors (Lipinski definition) is 2. The number of benzene rings is 2. The van der Waals surface area contributed by atoms with Gasteiger partial charge in [0.05, 0.1) is 11.5 Å². The number of sulfonamides is 1. The van der Waals surface area contributed by atoms with Gasteiger partial charge in [-0.2, -0.15) is 18.2 Å². The molecule has 4 rings (SSSR count). The largest absolute Gasteiger partial charge is 0.477 e. The zero-order valence-electron chi connectivity index (χ0n) is 22.0. The number of hydrogen-bond acceptors (Lipinski definition) is 8. The molecule has 0 bridgehead atoms. The van der Waals surface area contributed by atoms with E-state index in [4.69, 9.17) is 4.74 Å². The highest BCUT2D eigenvalue weighted by atomic mass is 32.2. The summed E-state index contributed by atoms with van der Waals surface area (Å²) >= 11 is 0.888. The molecular formula is C26H25F5N4O5S2. The third kappa shape index (κ3) is 7.66. The molecule has 0 aliphatic carbocycles. The van der Waals surface area contributed by atoms with Gasteiger partial charge >= 0.3 is 12.1 Å². The van der Waals surface area contributed by atoms with E-state index in [2.05, 4.69) is 14.7 Å². The van der Waals surface area contributed by atoms with Gasteiger partial charge in [-0.3, -0.25) is 9.52 Å². The molecule has 1 aliphatic rings. The Kier molecular flexibility index (Phi) is 9.57. The number of halogens is 5. The van der Waals surface area contributed by atoms with Crippen LogP contribution in [0, 0.1) is 17.6 Å². The topological polar surface area (TPSA) is 122 Å². The Morgan fingerprint density at radius 3 is 2.64 bits per heavy atom. The van der Waals surface area contributed by atoms with E-state index in [1.807, 2.05) is 0 Å². The number of aliphatic hydroxyl groups excluding tert-OH is 1. The van der Waals surface area contributed by atoms with Gasteiger partial charge in [0.2, 0.25) is 5.88 Å². The molecule has 2 N–H and O–H groups in total. The number of thioether (sulfide) groups is 1. The standard InChI is InChI=1S/C26H25F5N4O5S2/c1-15(12-36)13-40-22-10-21(32-25(33-22)41-14-17-3-2-4-20(27)23(17)28)34-42(38,39)19-6-5-16-7-8-35(11-18(16)9-19)24(37)26(29,30)31/h2-6,9-10,15,36H,7-8,11-14H2,1H3,(H,32,33,34). The first-order valence-electron chi connectivity index (χ1n) is 12.5. The van der Waals surface area contributed by atoms with Crippen molar-refractivity contribution in [3.63, 3.8) is 0 Å². The second kappa shape index (κ2) is 12.8. The number of carbonyl (C=O) groups is 1. The number of nitrogens with one attached hydrogen (secondary N) is 1. The van der Waals surface area contributed by atoms with Crippen molar-refractivity contribution >= 4 is 33.5 Å². The zero-order valence-corrected chi connectivity index (χ0v) is 23.6. The summed E-state index contributed by atoms with van der Waals surface area (Å²) in [5.74, 6) is -4.75. The van der Waals surface area contributed by atoms with Crippen LogP contribution in [0.2, 0.25) is 0 Å².